The van der Waals surface area contributed by atoms with Crippen LogP contribution in [0.15, 0.2) is 0 Å². The zero-order valence-electron chi connectivity index (χ0n) is 54.7. The summed E-state index contributed by atoms with van der Waals surface area (Å²) in [4.78, 5) is 72.2. The van der Waals surface area contributed by atoms with Crippen LogP contribution in [0.1, 0.15) is 336 Å². The fourth-order valence-corrected chi connectivity index (χ4v) is 11.5. The molecule has 0 rings (SSSR count). The van der Waals surface area contributed by atoms with Crippen LogP contribution in [0, 0.1) is 5.92 Å². The van der Waals surface area contributed by atoms with E-state index in [0.29, 0.717) is 25.7 Å². The first-order chi connectivity index (χ1) is 41.1. The SMILES string of the molecule is CCCCCCCCCCCCCCCCCCCC(=O)O[C@H](COC(=O)CCCCCCCCCCC(C)CC)COP(=O)(O)OC[C@@H](O)COP(=O)(O)OC[C@@H](COC(=O)CCCCCCCCCC)OC(=O)CCCCCCCCCC. The number of carbonyl (C=O) groups excluding carboxylic acids is 4. The van der Waals surface area contributed by atoms with E-state index < -0.39 is 97.5 Å². The Kier molecular flexibility index (Phi) is 58.3. The fraction of sp³-hybridized carbons (Fsp3) is 0.939. The molecule has 0 aliphatic heterocycles. The van der Waals surface area contributed by atoms with Gasteiger partial charge < -0.3 is 33.8 Å². The molecule has 0 radical (unpaired) electrons. The summed E-state index contributed by atoms with van der Waals surface area (Å²) in [5.74, 6) is -1.36. The van der Waals surface area contributed by atoms with Gasteiger partial charge in [0.15, 0.2) is 12.2 Å². The van der Waals surface area contributed by atoms with E-state index in [2.05, 4.69) is 34.6 Å². The van der Waals surface area contributed by atoms with E-state index in [9.17, 15) is 43.2 Å². The lowest BCUT2D eigenvalue weighted by atomic mass is 9.99. The van der Waals surface area contributed by atoms with E-state index in [1.54, 1.807) is 0 Å². The fourth-order valence-electron chi connectivity index (χ4n) is 9.90. The first-order valence-corrected chi connectivity index (χ1v) is 37.7. The van der Waals surface area contributed by atoms with Crippen molar-refractivity contribution in [2.75, 3.05) is 39.6 Å². The molecule has 6 atom stereocenters. The van der Waals surface area contributed by atoms with Crippen LogP contribution >= 0.6 is 15.6 Å². The number of phosphoric ester groups is 2. The number of hydrogen-bond donors (Lipinski definition) is 3. The number of phosphoric acid groups is 2. The van der Waals surface area contributed by atoms with E-state index in [0.717, 1.165) is 109 Å². The number of aliphatic hydroxyl groups excluding tert-OH is 1. The third-order valence-corrected chi connectivity index (χ3v) is 17.5. The number of unbranched alkanes of at least 4 members (excludes halogenated alkanes) is 37. The molecule has 0 heterocycles. The summed E-state index contributed by atoms with van der Waals surface area (Å²) in [5, 5.41) is 10.5. The molecule has 0 saturated carbocycles. The van der Waals surface area contributed by atoms with E-state index >= 15 is 0 Å². The van der Waals surface area contributed by atoms with Gasteiger partial charge in [-0.1, -0.05) is 285 Å². The summed E-state index contributed by atoms with van der Waals surface area (Å²) in [5.41, 5.74) is 0. The van der Waals surface area contributed by atoms with Crippen LogP contribution in [0.2, 0.25) is 0 Å². The summed E-state index contributed by atoms with van der Waals surface area (Å²) in [6.45, 7) is 7.16. The van der Waals surface area contributed by atoms with Crippen LogP contribution in [0.3, 0.4) is 0 Å². The predicted octanol–water partition coefficient (Wildman–Crippen LogP) is 18.6. The van der Waals surface area contributed by atoms with Crippen LogP contribution in [-0.2, 0) is 65.4 Å². The highest BCUT2D eigenvalue weighted by Gasteiger charge is 2.30. The number of carbonyl (C=O) groups is 4. The van der Waals surface area contributed by atoms with Crippen molar-refractivity contribution in [2.45, 2.75) is 355 Å². The van der Waals surface area contributed by atoms with Crippen molar-refractivity contribution in [3.63, 3.8) is 0 Å². The number of hydrogen-bond acceptors (Lipinski definition) is 15. The molecule has 3 N–H and O–H groups in total. The minimum atomic E-state index is -4.95. The summed E-state index contributed by atoms with van der Waals surface area (Å²) >= 11 is 0. The average molecular weight is 1260 g/mol. The molecule has 0 aliphatic rings. The summed E-state index contributed by atoms with van der Waals surface area (Å²) in [6.07, 6.45) is 44.5. The van der Waals surface area contributed by atoms with Gasteiger partial charge in [-0.15, -0.1) is 0 Å². The molecule has 0 aromatic rings. The molecule has 0 bridgehead atoms. The van der Waals surface area contributed by atoms with Gasteiger partial charge in [0, 0.05) is 25.7 Å². The van der Waals surface area contributed by atoms with Crippen LogP contribution in [0.25, 0.3) is 0 Å². The molecular formula is C66H128O17P2. The lowest BCUT2D eigenvalue weighted by Crippen LogP contribution is -2.30. The van der Waals surface area contributed by atoms with Crippen molar-refractivity contribution in [1.29, 1.82) is 0 Å². The van der Waals surface area contributed by atoms with Crippen molar-refractivity contribution in [3.05, 3.63) is 0 Å². The van der Waals surface area contributed by atoms with Gasteiger partial charge in [0.05, 0.1) is 26.4 Å². The minimum absolute atomic E-state index is 0.105. The van der Waals surface area contributed by atoms with E-state index in [4.69, 9.17) is 37.0 Å². The Balaban J connectivity index is 5.19. The lowest BCUT2D eigenvalue weighted by molar-refractivity contribution is -0.161. The molecule has 0 spiro atoms. The minimum Gasteiger partial charge on any atom is -0.462 e. The second kappa shape index (κ2) is 59.7. The molecule has 0 saturated heterocycles. The number of esters is 4. The highest BCUT2D eigenvalue weighted by Crippen LogP contribution is 2.45. The van der Waals surface area contributed by atoms with Crippen LogP contribution in [0.5, 0.6) is 0 Å². The third-order valence-electron chi connectivity index (χ3n) is 15.6. The van der Waals surface area contributed by atoms with Crippen molar-refractivity contribution in [1.82, 2.24) is 0 Å². The second-order valence-corrected chi connectivity index (χ2v) is 27.0. The molecule has 0 aromatic carbocycles. The monoisotopic (exact) mass is 1250 g/mol. The first kappa shape index (κ1) is 83.1. The topological polar surface area (TPSA) is 237 Å². The predicted molar refractivity (Wildman–Crippen MR) is 340 cm³/mol. The maximum absolute atomic E-state index is 13.0. The van der Waals surface area contributed by atoms with Crippen LogP contribution < -0.4 is 0 Å². The maximum atomic E-state index is 13.0. The molecule has 0 aliphatic carbocycles. The summed E-state index contributed by atoms with van der Waals surface area (Å²) in [6, 6.07) is 0. The van der Waals surface area contributed by atoms with E-state index in [1.807, 2.05) is 0 Å². The Morgan fingerprint density at radius 2 is 0.565 bits per heavy atom. The van der Waals surface area contributed by atoms with Crippen molar-refractivity contribution in [3.8, 4) is 0 Å². The van der Waals surface area contributed by atoms with E-state index in [1.165, 1.54) is 148 Å². The Morgan fingerprint density at radius 1 is 0.329 bits per heavy atom. The molecule has 85 heavy (non-hydrogen) atoms. The Hall–Kier alpha value is -1.94. The van der Waals surface area contributed by atoms with Gasteiger partial charge in [-0.25, -0.2) is 9.13 Å². The van der Waals surface area contributed by atoms with Gasteiger partial charge in [0.2, 0.25) is 0 Å². The summed E-state index contributed by atoms with van der Waals surface area (Å²) in [7, 11) is -9.88. The van der Waals surface area contributed by atoms with Crippen molar-refractivity contribution >= 4 is 39.5 Å². The second-order valence-electron chi connectivity index (χ2n) is 24.1. The molecule has 19 heteroatoms. The normalized spacial score (nSPS) is 14.5. The zero-order valence-corrected chi connectivity index (χ0v) is 56.5. The van der Waals surface area contributed by atoms with Gasteiger partial charge in [0.25, 0.3) is 0 Å². The standard InChI is InChI=1S/C66H128O17P2/c1-6-10-13-16-19-22-23-24-25-26-27-28-29-30-37-42-47-52-66(71)83-62(56-77-64(69)50-45-40-36-32-31-33-38-43-48-59(5)9-4)58-81-85(74,75)79-54-60(67)53-78-84(72,73)80-57-61(82-65(70)51-46-41-35-21-18-15-12-8-3)55-76-63(68)49-44-39-34-20-17-14-11-7-2/h59-62,67H,6-58H2,1-5H3,(H,72,73)(H,74,75)/t59?,60-,61+,62+/m0/s1. The molecule has 3 unspecified atom stereocenters. The van der Waals surface area contributed by atoms with Gasteiger partial charge in [-0.2, -0.15) is 0 Å². The number of ether oxygens (including phenoxy) is 4. The van der Waals surface area contributed by atoms with Gasteiger partial charge in [-0.05, 0) is 31.6 Å². The molecule has 0 fully saturated rings. The molecular weight excluding hydrogens is 1130 g/mol. The van der Waals surface area contributed by atoms with Gasteiger partial charge in [-0.3, -0.25) is 37.3 Å². The molecule has 17 nitrogen and oxygen atoms in total. The Labute approximate surface area is 517 Å². The van der Waals surface area contributed by atoms with Gasteiger partial charge >= 0.3 is 39.5 Å². The van der Waals surface area contributed by atoms with Crippen molar-refractivity contribution in [2.24, 2.45) is 5.92 Å². The maximum Gasteiger partial charge on any atom is 0.472 e. The third kappa shape index (κ3) is 59.5. The average Bonchev–Trinajstić information content (AvgIpc) is 3.61. The van der Waals surface area contributed by atoms with Crippen LogP contribution in [-0.4, -0.2) is 96.7 Å². The summed E-state index contributed by atoms with van der Waals surface area (Å²) < 4.78 is 68.0. The number of rotatable bonds is 66. The lowest BCUT2D eigenvalue weighted by Gasteiger charge is -2.21. The van der Waals surface area contributed by atoms with Gasteiger partial charge in [0.1, 0.15) is 19.3 Å². The molecule has 0 amide bonds. The Bertz CT molecular complexity index is 1650. The van der Waals surface area contributed by atoms with E-state index in [-0.39, 0.29) is 25.7 Å². The first-order valence-electron chi connectivity index (χ1n) is 34.7. The largest absolute Gasteiger partial charge is 0.472 e. The highest BCUT2D eigenvalue weighted by molar-refractivity contribution is 7.47. The zero-order chi connectivity index (χ0) is 62.8. The van der Waals surface area contributed by atoms with Crippen molar-refractivity contribution < 1.29 is 80.2 Å². The quantitative estimate of drug-likeness (QED) is 0.0222. The van der Waals surface area contributed by atoms with Crippen LogP contribution in [0.4, 0.5) is 0 Å². The molecule has 504 valence electrons. The highest BCUT2D eigenvalue weighted by atomic mass is 31.2. The Morgan fingerprint density at radius 3 is 0.835 bits per heavy atom. The molecule has 0 aromatic heterocycles. The number of aliphatic hydroxyl groups is 1. The smallest absolute Gasteiger partial charge is 0.462 e.